The number of primary amides is 1. The fourth-order valence-corrected chi connectivity index (χ4v) is 1.69. The lowest BCUT2D eigenvalue weighted by molar-refractivity contribution is -0.141. The predicted molar refractivity (Wildman–Crippen MR) is 54.3 cm³/mol. The zero-order valence-electron chi connectivity index (χ0n) is 8.53. The van der Waals surface area contributed by atoms with Crippen molar-refractivity contribution in [1.82, 2.24) is 10.6 Å². The summed E-state index contributed by atoms with van der Waals surface area (Å²) in [6, 6.07) is -0.697. The van der Waals surface area contributed by atoms with E-state index in [-0.39, 0.29) is 12.5 Å². The van der Waals surface area contributed by atoms with Gasteiger partial charge in [0, 0.05) is 6.04 Å². The van der Waals surface area contributed by atoms with Gasteiger partial charge in [0.05, 0.1) is 6.42 Å². The van der Waals surface area contributed by atoms with E-state index in [1.165, 1.54) is 0 Å². The molecule has 0 aromatic carbocycles. The van der Waals surface area contributed by atoms with Crippen molar-refractivity contribution in [1.29, 1.82) is 0 Å². The molecule has 1 aliphatic heterocycles. The van der Waals surface area contributed by atoms with Crippen molar-refractivity contribution in [2.45, 2.75) is 31.3 Å². The Kier molecular flexibility index (Phi) is 4.51. The number of hydrogen-bond donors (Lipinski definition) is 4. The van der Waals surface area contributed by atoms with E-state index in [2.05, 4.69) is 10.6 Å². The number of aliphatic carboxylic acids is 1. The van der Waals surface area contributed by atoms with Crippen LogP contribution < -0.4 is 16.4 Å². The molecule has 1 fully saturated rings. The Bertz CT molecular complexity index is 239. The molecule has 0 radical (unpaired) electrons. The number of carboxylic acids is 1. The zero-order chi connectivity index (χ0) is 11.3. The lowest BCUT2D eigenvalue weighted by Crippen LogP contribution is -2.49. The Labute approximate surface area is 88.2 Å². The average molecular weight is 215 g/mol. The van der Waals surface area contributed by atoms with Crippen LogP contribution in [0.5, 0.6) is 0 Å². The second-order valence-electron chi connectivity index (χ2n) is 3.75. The van der Waals surface area contributed by atoms with E-state index in [1.807, 2.05) is 0 Å². The van der Waals surface area contributed by atoms with E-state index in [0.717, 1.165) is 25.9 Å². The maximum absolute atomic E-state index is 10.8. The third-order valence-corrected chi connectivity index (χ3v) is 2.48. The van der Waals surface area contributed by atoms with E-state index < -0.39 is 17.9 Å². The maximum atomic E-state index is 10.8. The second kappa shape index (κ2) is 5.67. The Morgan fingerprint density at radius 3 is 2.53 bits per heavy atom. The van der Waals surface area contributed by atoms with Crippen LogP contribution in [0.15, 0.2) is 0 Å². The highest BCUT2D eigenvalue weighted by atomic mass is 16.4. The van der Waals surface area contributed by atoms with Gasteiger partial charge in [0.25, 0.3) is 0 Å². The number of amides is 1. The van der Waals surface area contributed by atoms with Crippen molar-refractivity contribution >= 4 is 11.9 Å². The van der Waals surface area contributed by atoms with Crippen LogP contribution in [0.1, 0.15) is 19.3 Å². The molecule has 5 N–H and O–H groups in total. The van der Waals surface area contributed by atoms with Crippen LogP contribution in [0.2, 0.25) is 0 Å². The maximum Gasteiger partial charge on any atom is 0.321 e. The monoisotopic (exact) mass is 215 g/mol. The minimum absolute atomic E-state index is 0.154. The smallest absolute Gasteiger partial charge is 0.321 e. The fraction of sp³-hybridized carbons (Fsp3) is 0.778. The van der Waals surface area contributed by atoms with E-state index in [1.54, 1.807) is 0 Å². The molecule has 6 nitrogen and oxygen atoms in total. The third-order valence-electron chi connectivity index (χ3n) is 2.48. The molecule has 0 unspecified atom stereocenters. The van der Waals surface area contributed by atoms with E-state index >= 15 is 0 Å². The van der Waals surface area contributed by atoms with Crippen molar-refractivity contribution in [3.63, 3.8) is 0 Å². The zero-order valence-corrected chi connectivity index (χ0v) is 8.53. The van der Waals surface area contributed by atoms with E-state index in [9.17, 15) is 9.59 Å². The summed E-state index contributed by atoms with van der Waals surface area (Å²) in [4.78, 5) is 21.5. The molecular weight excluding hydrogens is 198 g/mol. The molecule has 0 aromatic heterocycles. The standard InChI is InChI=1S/C9H17N3O3/c10-8(13)5-7(9(14)15)12-6-1-3-11-4-2-6/h6-7,11-12H,1-5H2,(H2,10,13)(H,14,15)/t7-/m0/s1. The second-order valence-corrected chi connectivity index (χ2v) is 3.75. The summed E-state index contributed by atoms with van der Waals surface area (Å²) in [7, 11) is 0. The van der Waals surface area contributed by atoms with Gasteiger partial charge >= 0.3 is 5.97 Å². The van der Waals surface area contributed by atoms with Gasteiger partial charge in [-0.15, -0.1) is 0 Å². The van der Waals surface area contributed by atoms with Crippen LogP contribution in [-0.4, -0.2) is 42.2 Å². The fourth-order valence-electron chi connectivity index (χ4n) is 1.69. The van der Waals surface area contributed by atoms with Crippen molar-refractivity contribution in [3.05, 3.63) is 0 Å². The Morgan fingerprint density at radius 1 is 1.47 bits per heavy atom. The molecular formula is C9H17N3O3. The first-order chi connectivity index (χ1) is 7.09. The average Bonchev–Trinajstić information content (AvgIpc) is 2.17. The highest BCUT2D eigenvalue weighted by molar-refractivity contribution is 5.83. The molecule has 1 saturated heterocycles. The van der Waals surface area contributed by atoms with Crippen molar-refractivity contribution < 1.29 is 14.7 Å². The summed E-state index contributed by atoms with van der Waals surface area (Å²) in [6.07, 6.45) is 1.60. The van der Waals surface area contributed by atoms with Crippen LogP contribution in [-0.2, 0) is 9.59 Å². The minimum Gasteiger partial charge on any atom is -0.480 e. The molecule has 1 rings (SSSR count). The summed E-state index contributed by atoms with van der Waals surface area (Å²) in [6.45, 7) is 1.75. The highest BCUT2D eigenvalue weighted by Gasteiger charge is 2.24. The van der Waals surface area contributed by atoms with Crippen LogP contribution in [0, 0.1) is 0 Å². The Morgan fingerprint density at radius 2 is 2.07 bits per heavy atom. The first-order valence-corrected chi connectivity index (χ1v) is 5.07. The van der Waals surface area contributed by atoms with Gasteiger partial charge in [0.2, 0.25) is 5.91 Å². The molecule has 15 heavy (non-hydrogen) atoms. The number of nitrogens with one attached hydrogen (secondary N) is 2. The summed E-state index contributed by atoms with van der Waals surface area (Å²) in [5.41, 5.74) is 4.98. The van der Waals surface area contributed by atoms with Gasteiger partial charge in [-0.1, -0.05) is 0 Å². The number of piperidine rings is 1. The van der Waals surface area contributed by atoms with Crippen LogP contribution >= 0.6 is 0 Å². The third kappa shape index (κ3) is 4.26. The van der Waals surface area contributed by atoms with Gasteiger partial charge in [-0.05, 0) is 25.9 Å². The highest BCUT2D eigenvalue weighted by Crippen LogP contribution is 2.05. The molecule has 0 aliphatic carbocycles. The summed E-state index contributed by atoms with van der Waals surface area (Å²) >= 11 is 0. The number of carbonyl (C=O) groups excluding carboxylic acids is 1. The number of rotatable bonds is 5. The van der Waals surface area contributed by atoms with Gasteiger partial charge < -0.3 is 21.5 Å². The van der Waals surface area contributed by atoms with Crippen LogP contribution in [0.25, 0.3) is 0 Å². The van der Waals surface area contributed by atoms with Crippen molar-refractivity contribution in [2.75, 3.05) is 13.1 Å². The van der Waals surface area contributed by atoms with Crippen LogP contribution in [0.3, 0.4) is 0 Å². The summed E-state index contributed by atoms with van der Waals surface area (Å²) < 4.78 is 0. The lowest BCUT2D eigenvalue weighted by atomic mass is 10.0. The number of hydrogen-bond acceptors (Lipinski definition) is 4. The number of nitrogens with two attached hydrogens (primary N) is 1. The molecule has 1 heterocycles. The first kappa shape index (κ1) is 11.9. The Balaban J connectivity index is 2.42. The van der Waals surface area contributed by atoms with Crippen LogP contribution in [0.4, 0.5) is 0 Å². The number of carboxylic acid groups (broad SMARTS) is 1. The molecule has 6 heteroatoms. The topological polar surface area (TPSA) is 104 Å². The van der Waals surface area contributed by atoms with Crippen molar-refractivity contribution in [3.8, 4) is 0 Å². The molecule has 86 valence electrons. The molecule has 1 aliphatic rings. The van der Waals surface area contributed by atoms with Crippen molar-refractivity contribution in [2.24, 2.45) is 5.73 Å². The van der Waals surface area contributed by atoms with Gasteiger partial charge in [-0.3, -0.25) is 9.59 Å². The Hall–Kier alpha value is -1.14. The molecule has 1 atom stereocenters. The van der Waals surface area contributed by atoms with Gasteiger partial charge in [-0.25, -0.2) is 0 Å². The molecule has 0 spiro atoms. The van der Waals surface area contributed by atoms with Gasteiger partial charge in [0.1, 0.15) is 6.04 Å². The summed E-state index contributed by atoms with van der Waals surface area (Å²) in [5, 5.41) is 15.0. The molecule has 1 amide bonds. The first-order valence-electron chi connectivity index (χ1n) is 5.07. The van der Waals surface area contributed by atoms with Gasteiger partial charge in [0.15, 0.2) is 0 Å². The minimum atomic E-state index is -1.02. The van der Waals surface area contributed by atoms with E-state index in [0.29, 0.717) is 0 Å². The largest absolute Gasteiger partial charge is 0.480 e. The molecule has 0 saturated carbocycles. The summed E-state index contributed by atoms with van der Waals surface area (Å²) in [5.74, 6) is -1.61. The molecule has 0 aromatic rings. The van der Waals surface area contributed by atoms with Gasteiger partial charge in [-0.2, -0.15) is 0 Å². The number of carbonyl (C=O) groups is 2. The molecule has 0 bridgehead atoms. The lowest BCUT2D eigenvalue weighted by Gasteiger charge is -2.26. The predicted octanol–water partition coefficient (Wildman–Crippen LogP) is -1.34. The SMILES string of the molecule is NC(=O)C[C@H](NC1CCNCC1)C(=O)O. The normalized spacial score (nSPS) is 19.7. The van der Waals surface area contributed by atoms with E-state index in [4.69, 9.17) is 10.8 Å². The quantitative estimate of drug-likeness (QED) is 0.454.